The Balaban J connectivity index is 0.00000562. The Hall–Kier alpha value is -7.13. The monoisotopic (exact) mass is 971 g/mol. The Kier molecular flexibility index (Phi) is 9.03. The maximum absolute atomic E-state index is 11.4. The number of nitrogens with zero attached hydrogens (tertiary/aromatic N) is 3. The van der Waals surface area contributed by atoms with E-state index < -0.39 is 13.7 Å². The molecule has 0 unspecified atom stereocenters. The molecule has 0 amide bonds. The van der Waals surface area contributed by atoms with Crippen LogP contribution in [0.4, 0.5) is 0 Å². The van der Waals surface area contributed by atoms with Crippen molar-refractivity contribution in [3.63, 3.8) is 0 Å². The number of rotatable bonds is 8. The molecule has 2 aromatic heterocycles. The van der Waals surface area contributed by atoms with Crippen LogP contribution in [0.1, 0.15) is 19.4 Å². The SMILES string of the molecule is [2H]C([2H])([2H])c1cc(-n2c(-c3ccccc3O)nc3c(-c4[c-]c(-c5cc(-c6ccc(-c7ccccc7)cc6)ccn5)cc(-c5ccccc5)c4)cccc32)cc(-c2ccccc2)c1C([2H])([2H])[2H].[Pt]. The zero-order chi connectivity index (χ0) is 45.6. The van der Waals surface area contributed by atoms with Gasteiger partial charge in [0.2, 0.25) is 0 Å². The molecule has 0 spiro atoms. The van der Waals surface area contributed by atoms with Crippen LogP contribution in [0, 0.1) is 19.8 Å². The van der Waals surface area contributed by atoms with Gasteiger partial charge in [-0.25, -0.2) is 4.98 Å². The fourth-order valence-electron chi connectivity index (χ4n) is 7.92. The van der Waals surface area contributed by atoms with E-state index in [0.717, 1.165) is 55.8 Å². The molecule has 0 saturated heterocycles. The van der Waals surface area contributed by atoms with Gasteiger partial charge >= 0.3 is 0 Å². The second kappa shape index (κ2) is 16.9. The molecule has 10 aromatic rings. The third-order valence-electron chi connectivity index (χ3n) is 10.9. The average Bonchev–Trinajstić information content (AvgIpc) is 3.74. The third-order valence-corrected chi connectivity index (χ3v) is 10.9. The number of pyridine rings is 1. The number of fused-ring (bicyclic) bond motifs is 1. The van der Waals surface area contributed by atoms with Crippen LogP contribution in [0.15, 0.2) is 200 Å². The summed E-state index contributed by atoms with van der Waals surface area (Å²) in [6, 6.07) is 65.5. The molecule has 0 aliphatic carbocycles. The van der Waals surface area contributed by atoms with E-state index in [2.05, 4.69) is 72.8 Å². The van der Waals surface area contributed by atoms with Crippen LogP contribution in [-0.2, 0) is 21.1 Å². The molecule has 0 aliphatic rings. The fourth-order valence-corrected chi connectivity index (χ4v) is 7.92. The van der Waals surface area contributed by atoms with Crippen molar-refractivity contribution in [3.05, 3.63) is 218 Å². The number of aromatic nitrogens is 3. The Morgan fingerprint density at radius 1 is 0.508 bits per heavy atom. The topological polar surface area (TPSA) is 50.9 Å². The normalized spacial score (nSPS) is 12.9. The van der Waals surface area contributed by atoms with Crippen LogP contribution in [0.5, 0.6) is 5.75 Å². The van der Waals surface area contributed by atoms with Crippen LogP contribution in [0.3, 0.4) is 0 Å². The quantitative estimate of drug-likeness (QED) is 0.154. The summed E-state index contributed by atoms with van der Waals surface area (Å²) in [7, 11) is 0. The molecule has 0 fully saturated rings. The number of hydrogen-bond donors (Lipinski definition) is 1. The molecule has 61 heavy (non-hydrogen) atoms. The number of hydrogen-bond acceptors (Lipinski definition) is 3. The van der Waals surface area contributed by atoms with Gasteiger partial charge in [0, 0.05) is 46.9 Å². The summed E-state index contributed by atoms with van der Waals surface area (Å²) in [6.45, 7) is -5.54. The summed E-state index contributed by atoms with van der Waals surface area (Å²) in [4.78, 5) is 10.1. The van der Waals surface area contributed by atoms with E-state index in [1.165, 1.54) is 6.07 Å². The molecule has 2 heterocycles. The number of para-hydroxylation sites is 2. The Labute approximate surface area is 379 Å². The van der Waals surface area contributed by atoms with Gasteiger partial charge in [0.15, 0.2) is 0 Å². The minimum atomic E-state index is -2.79. The van der Waals surface area contributed by atoms with Crippen molar-refractivity contribution < 1.29 is 34.4 Å². The summed E-state index contributed by atoms with van der Waals surface area (Å²) in [5.74, 6) is 0.300. The van der Waals surface area contributed by atoms with E-state index in [4.69, 9.17) is 18.2 Å². The molecule has 296 valence electrons. The van der Waals surface area contributed by atoms with E-state index in [-0.39, 0.29) is 43.5 Å². The van der Waals surface area contributed by atoms with E-state index in [9.17, 15) is 5.11 Å². The van der Waals surface area contributed by atoms with Crippen molar-refractivity contribution in [2.24, 2.45) is 0 Å². The number of phenolic OH excluding ortho intramolecular Hbond substituents is 1. The van der Waals surface area contributed by atoms with E-state index in [0.29, 0.717) is 33.7 Å². The summed E-state index contributed by atoms with van der Waals surface area (Å²) in [5.41, 5.74) is 11.4. The minimum Gasteiger partial charge on any atom is -0.507 e. The fraction of sp³-hybridized carbons (Fsp3) is 0.0357. The number of imidazole rings is 1. The Morgan fingerprint density at radius 2 is 1.11 bits per heavy atom. The molecule has 8 aromatic carbocycles. The zero-order valence-corrected chi connectivity index (χ0v) is 34.9. The van der Waals surface area contributed by atoms with Crippen LogP contribution in [0.2, 0.25) is 0 Å². The van der Waals surface area contributed by atoms with Crippen molar-refractivity contribution in [3.8, 4) is 89.7 Å². The molecule has 0 aliphatic heterocycles. The van der Waals surface area contributed by atoms with Crippen LogP contribution in [-0.4, -0.2) is 19.6 Å². The summed E-state index contributed by atoms with van der Waals surface area (Å²) in [5, 5.41) is 11.4. The molecule has 0 atom stereocenters. The molecule has 1 N–H and O–H groups in total. The molecule has 10 rings (SSSR count). The van der Waals surface area contributed by atoms with Gasteiger partial charge in [0.1, 0.15) is 11.6 Å². The van der Waals surface area contributed by atoms with Gasteiger partial charge in [-0.3, -0.25) is 9.55 Å². The molecular weight excluding hydrogens is 926 g/mol. The van der Waals surface area contributed by atoms with Gasteiger partial charge < -0.3 is 5.11 Å². The molecule has 4 nitrogen and oxygen atoms in total. The maximum atomic E-state index is 11.4. The standard InChI is InChI=1S/C56H40N3O.Pt/c1-37-31-48(36-51(38(37)2)43-19-10-5-11-20-43)59-53-23-14-22-49(55(53)58-56(59)50-21-12-13-24-54(50)60)46-32-45(40-17-8-4-9-18-40)33-47(34-46)52-35-44(29-30-57-52)42-27-25-41(26-28-42)39-15-6-3-7-16-39;/h3-33,35-36,60H,1-2H3;/q-1;/i1D3,2D3;. The van der Waals surface area contributed by atoms with Gasteiger partial charge in [-0.1, -0.05) is 162 Å². The molecule has 0 bridgehead atoms. The van der Waals surface area contributed by atoms with Gasteiger partial charge in [-0.15, -0.1) is 23.8 Å². The average molecular weight is 972 g/mol. The van der Waals surface area contributed by atoms with Crippen molar-refractivity contribution in [2.45, 2.75) is 13.7 Å². The van der Waals surface area contributed by atoms with E-state index in [1.54, 1.807) is 59.2 Å². The summed E-state index contributed by atoms with van der Waals surface area (Å²) < 4.78 is 53.4. The van der Waals surface area contributed by atoms with Crippen molar-refractivity contribution in [1.29, 1.82) is 0 Å². The molecule has 0 saturated carbocycles. The first-order valence-electron chi connectivity index (χ1n) is 22.7. The van der Waals surface area contributed by atoms with Crippen molar-refractivity contribution in [2.75, 3.05) is 0 Å². The predicted molar refractivity (Wildman–Crippen MR) is 247 cm³/mol. The van der Waals surface area contributed by atoms with E-state index in [1.807, 2.05) is 72.9 Å². The zero-order valence-electron chi connectivity index (χ0n) is 38.7. The van der Waals surface area contributed by atoms with Crippen molar-refractivity contribution >= 4 is 11.0 Å². The van der Waals surface area contributed by atoms with Gasteiger partial charge in [0.05, 0.1) is 16.6 Å². The third kappa shape index (κ3) is 7.63. The number of aromatic hydroxyl groups is 1. The number of phenols is 1. The second-order valence-electron chi connectivity index (χ2n) is 14.7. The predicted octanol–water partition coefficient (Wildman–Crippen LogP) is 14.2. The van der Waals surface area contributed by atoms with E-state index >= 15 is 0 Å². The minimum absolute atomic E-state index is 0. The summed E-state index contributed by atoms with van der Waals surface area (Å²) >= 11 is 0. The molecular formula is C56H40N3OPt-. The van der Waals surface area contributed by atoms with Crippen LogP contribution in [0.25, 0.3) is 95.0 Å². The number of benzene rings is 8. The van der Waals surface area contributed by atoms with Crippen LogP contribution < -0.4 is 0 Å². The Bertz CT molecular complexity index is 3390. The van der Waals surface area contributed by atoms with Gasteiger partial charge in [-0.2, -0.15) is 0 Å². The first-order chi connectivity index (χ1) is 31.9. The van der Waals surface area contributed by atoms with Gasteiger partial charge in [0.25, 0.3) is 0 Å². The first-order valence-corrected chi connectivity index (χ1v) is 19.7. The maximum Gasteiger partial charge on any atom is 0.148 e. The smallest absolute Gasteiger partial charge is 0.148 e. The Morgan fingerprint density at radius 3 is 1.80 bits per heavy atom. The van der Waals surface area contributed by atoms with Gasteiger partial charge in [-0.05, 0) is 100 Å². The second-order valence-corrected chi connectivity index (χ2v) is 14.7. The first kappa shape index (κ1) is 32.7. The largest absolute Gasteiger partial charge is 0.507 e. The summed E-state index contributed by atoms with van der Waals surface area (Å²) in [6.07, 6.45) is 1.81. The number of aryl methyl sites for hydroxylation is 1. The molecule has 5 heteroatoms. The molecule has 0 radical (unpaired) electrons. The van der Waals surface area contributed by atoms with Crippen LogP contribution >= 0.6 is 0 Å². The van der Waals surface area contributed by atoms with Crippen molar-refractivity contribution in [1.82, 2.24) is 14.5 Å².